The molecule has 0 atom stereocenters. The van der Waals surface area contributed by atoms with Crippen LogP contribution in [0.5, 0.6) is 5.75 Å². The fraction of sp³-hybridized carbons (Fsp3) is 0.545. The van der Waals surface area contributed by atoms with E-state index in [0.717, 1.165) is 21.2 Å². The van der Waals surface area contributed by atoms with Gasteiger partial charge in [-0.25, -0.2) is 14.3 Å². The number of carboxylic acids is 1. The van der Waals surface area contributed by atoms with Gasteiger partial charge in [0.2, 0.25) is 5.82 Å². The first kappa shape index (κ1) is 26.9. The minimum atomic E-state index is -4.36. The molecule has 0 saturated carbocycles. The zero-order chi connectivity index (χ0) is 25.5. The maximum Gasteiger partial charge on any atom is 0.389 e. The Hall–Kier alpha value is -3.31. The zero-order valence-corrected chi connectivity index (χ0v) is 19.3. The second kappa shape index (κ2) is 11.2. The molecule has 12 heteroatoms. The molecule has 0 aliphatic carbocycles. The maximum absolute atomic E-state index is 12.5. The number of hydrogen-bond acceptors (Lipinski definition) is 6. The number of carboxylic acid groups (broad SMARTS) is 1. The highest BCUT2D eigenvalue weighted by atomic mass is 19.4. The van der Waals surface area contributed by atoms with Gasteiger partial charge in [0.15, 0.2) is 5.60 Å². The molecule has 9 nitrogen and oxygen atoms in total. The molecule has 1 aromatic heterocycles. The van der Waals surface area contributed by atoms with E-state index in [0.29, 0.717) is 25.1 Å². The van der Waals surface area contributed by atoms with Gasteiger partial charge in [-0.1, -0.05) is 12.1 Å². The molecular formula is C22H29F3N4O5. The van der Waals surface area contributed by atoms with Gasteiger partial charge in [-0.3, -0.25) is 9.36 Å². The van der Waals surface area contributed by atoms with Gasteiger partial charge < -0.3 is 15.2 Å². The Labute approximate surface area is 194 Å². The van der Waals surface area contributed by atoms with Gasteiger partial charge in [-0.05, 0) is 57.2 Å². The van der Waals surface area contributed by atoms with Crippen molar-refractivity contribution in [3.05, 3.63) is 50.7 Å². The van der Waals surface area contributed by atoms with Crippen LogP contribution in [0.1, 0.15) is 45.1 Å². The number of aliphatic carboxylic acids is 1. The van der Waals surface area contributed by atoms with E-state index in [1.54, 1.807) is 18.2 Å². The third kappa shape index (κ3) is 7.92. The van der Waals surface area contributed by atoms with E-state index in [-0.39, 0.29) is 18.8 Å². The lowest BCUT2D eigenvalue weighted by atomic mass is 10.1. The Morgan fingerprint density at radius 1 is 1.18 bits per heavy atom. The maximum atomic E-state index is 12.5. The molecule has 1 aromatic carbocycles. The normalized spacial score (nSPS) is 11.9. The van der Waals surface area contributed by atoms with Gasteiger partial charge in [0.25, 0.3) is 5.56 Å². The van der Waals surface area contributed by atoms with Crippen LogP contribution in [0.25, 0.3) is 0 Å². The molecule has 2 N–H and O–H groups in total. The van der Waals surface area contributed by atoms with E-state index >= 15 is 0 Å². The molecule has 0 aliphatic heterocycles. The number of rotatable bonds is 12. The Balaban J connectivity index is 1.91. The summed E-state index contributed by atoms with van der Waals surface area (Å²) in [4.78, 5) is 35.8. The first-order valence-electron chi connectivity index (χ1n) is 10.8. The standard InChI is InChI=1S/C22H29F3N4O5/c1-21(2,19(31)32)34-16-10-6-9-15(14-16)8-4-5-12-26-17-18(30)29(20(33)28(3)27-17)13-7-11-22(23,24)25/h6,9-10,14H,4-5,7-8,11-13H2,1-3H3,(H,26,27)(H,31,32). The molecule has 0 spiro atoms. The third-order valence-electron chi connectivity index (χ3n) is 5.02. The molecule has 0 fully saturated rings. The Morgan fingerprint density at radius 2 is 1.88 bits per heavy atom. The Kier molecular flexibility index (Phi) is 8.88. The smallest absolute Gasteiger partial charge is 0.389 e. The molecule has 2 aromatic rings. The van der Waals surface area contributed by atoms with Crippen LogP contribution in [0.3, 0.4) is 0 Å². The predicted molar refractivity (Wildman–Crippen MR) is 119 cm³/mol. The van der Waals surface area contributed by atoms with Crippen molar-refractivity contribution in [2.24, 2.45) is 7.05 Å². The van der Waals surface area contributed by atoms with Crippen LogP contribution in [-0.4, -0.2) is 43.7 Å². The minimum absolute atomic E-state index is 0.0968. The number of nitrogens with zero attached hydrogens (tertiary/aromatic N) is 3. The molecule has 0 radical (unpaired) electrons. The van der Waals surface area contributed by atoms with Crippen LogP contribution in [0.2, 0.25) is 0 Å². The second-order valence-corrected chi connectivity index (χ2v) is 8.38. The van der Waals surface area contributed by atoms with Gasteiger partial charge in [0, 0.05) is 26.6 Å². The third-order valence-corrected chi connectivity index (χ3v) is 5.02. The number of anilines is 1. The number of unbranched alkanes of at least 4 members (excludes halogenated alkanes) is 1. The zero-order valence-electron chi connectivity index (χ0n) is 19.3. The molecule has 0 amide bonds. The van der Waals surface area contributed by atoms with Crippen molar-refractivity contribution in [1.29, 1.82) is 0 Å². The number of ether oxygens (including phenoxy) is 1. The lowest BCUT2D eigenvalue weighted by molar-refractivity contribution is -0.152. The average molecular weight is 486 g/mol. The van der Waals surface area contributed by atoms with E-state index in [1.807, 2.05) is 6.07 Å². The summed E-state index contributed by atoms with van der Waals surface area (Å²) in [6.45, 7) is 2.95. The fourth-order valence-corrected chi connectivity index (χ4v) is 3.13. The van der Waals surface area contributed by atoms with E-state index in [2.05, 4.69) is 10.4 Å². The second-order valence-electron chi connectivity index (χ2n) is 8.38. The minimum Gasteiger partial charge on any atom is -0.478 e. The predicted octanol–water partition coefficient (Wildman–Crippen LogP) is 2.96. The van der Waals surface area contributed by atoms with Crippen LogP contribution in [0.15, 0.2) is 33.9 Å². The van der Waals surface area contributed by atoms with Crippen LogP contribution < -0.4 is 21.3 Å². The summed E-state index contributed by atoms with van der Waals surface area (Å²) in [5.41, 5.74) is -1.93. The van der Waals surface area contributed by atoms with Crippen LogP contribution >= 0.6 is 0 Å². The first-order valence-corrected chi connectivity index (χ1v) is 10.8. The van der Waals surface area contributed by atoms with Crippen molar-refractivity contribution in [3.63, 3.8) is 0 Å². The molecule has 2 rings (SSSR count). The van der Waals surface area contributed by atoms with Crippen molar-refractivity contribution in [2.45, 2.75) is 64.3 Å². The summed E-state index contributed by atoms with van der Waals surface area (Å²) in [5, 5.41) is 15.9. The average Bonchev–Trinajstić information content (AvgIpc) is 2.73. The molecular weight excluding hydrogens is 457 g/mol. The lowest BCUT2D eigenvalue weighted by Crippen LogP contribution is -2.42. The quantitative estimate of drug-likeness (QED) is 0.443. The van der Waals surface area contributed by atoms with Crippen LogP contribution in [0, 0.1) is 0 Å². The summed E-state index contributed by atoms with van der Waals surface area (Å²) >= 11 is 0. The van der Waals surface area contributed by atoms with Crippen LogP contribution in [0.4, 0.5) is 19.0 Å². The summed E-state index contributed by atoms with van der Waals surface area (Å²) in [6.07, 6.45) is -3.79. The van der Waals surface area contributed by atoms with E-state index in [9.17, 15) is 32.7 Å². The number of aromatic nitrogens is 3. The summed E-state index contributed by atoms with van der Waals surface area (Å²) in [6, 6.07) is 7.12. The highest BCUT2D eigenvalue weighted by molar-refractivity contribution is 5.76. The number of halogens is 3. The van der Waals surface area contributed by atoms with Crippen molar-refractivity contribution < 1.29 is 27.8 Å². The lowest BCUT2D eigenvalue weighted by Gasteiger charge is -2.21. The SMILES string of the molecule is Cn1nc(NCCCCc2cccc(OC(C)(C)C(=O)O)c2)c(=O)n(CCCC(F)(F)F)c1=O. The number of benzene rings is 1. The monoisotopic (exact) mass is 486 g/mol. The van der Waals surface area contributed by atoms with E-state index in [4.69, 9.17) is 4.74 Å². The molecule has 0 bridgehead atoms. The summed E-state index contributed by atoms with van der Waals surface area (Å²) in [7, 11) is 1.33. The topological polar surface area (TPSA) is 115 Å². The van der Waals surface area contributed by atoms with E-state index in [1.165, 1.54) is 20.9 Å². The molecule has 0 aliphatic rings. The Bertz CT molecular complexity index is 1110. The van der Waals surface area contributed by atoms with Crippen molar-refractivity contribution in [1.82, 2.24) is 14.3 Å². The fourth-order valence-electron chi connectivity index (χ4n) is 3.13. The highest BCUT2D eigenvalue weighted by Crippen LogP contribution is 2.22. The number of carbonyl (C=O) groups is 1. The van der Waals surface area contributed by atoms with Gasteiger partial charge in [-0.15, -0.1) is 5.10 Å². The summed E-state index contributed by atoms with van der Waals surface area (Å²) in [5.74, 6) is -0.723. The molecule has 0 saturated heterocycles. The number of nitrogens with one attached hydrogen (secondary N) is 1. The number of hydrogen-bond donors (Lipinski definition) is 2. The Morgan fingerprint density at radius 3 is 2.53 bits per heavy atom. The molecule has 1 heterocycles. The van der Waals surface area contributed by atoms with Crippen molar-refractivity contribution >= 4 is 11.8 Å². The van der Waals surface area contributed by atoms with Crippen molar-refractivity contribution in [3.8, 4) is 5.75 Å². The van der Waals surface area contributed by atoms with Crippen molar-refractivity contribution in [2.75, 3.05) is 11.9 Å². The molecule has 0 unspecified atom stereocenters. The van der Waals surface area contributed by atoms with Gasteiger partial charge in [-0.2, -0.15) is 13.2 Å². The largest absolute Gasteiger partial charge is 0.478 e. The summed E-state index contributed by atoms with van der Waals surface area (Å²) < 4.78 is 44.3. The first-order chi connectivity index (χ1) is 15.8. The number of alkyl halides is 3. The van der Waals surface area contributed by atoms with Crippen LogP contribution in [-0.2, 0) is 24.8 Å². The van der Waals surface area contributed by atoms with Gasteiger partial charge in [0.1, 0.15) is 5.75 Å². The molecule has 188 valence electrons. The molecule has 34 heavy (non-hydrogen) atoms. The van der Waals surface area contributed by atoms with Gasteiger partial charge >= 0.3 is 17.8 Å². The number of aryl methyl sites for hydroxylation is 2. The van der Waals surface area contributed by atoms with E-state index < -0.39 is 35.4 Å². The van der Waals surface area contributed by atoms with Gasteiger partial charge in [0.05, 0.1) is 0 Å². The highest BCUT2D eigenvalue weighted by Gasteiger charge is 2.29.